The standard InChI is InChI=1S/C13H12BrN5O2/c1-18-10-9(11(20)17-13(18)21)19(12(15)16-10)6-7-3-2-4-8(14)5-7/h2-5H,6H2,1H3,(H2,15,16)(H,17,20,21). The summed E-state index contributed by atoms with van der Waals surface area (Å²) in [5.74, 6) is 0.191. The topological polar surface area (TPSA) is 98.7 Å². The van der Waals surface area contributed by atoms with E-state index in [0.717, 1.165) is 10.0 Å². The number of imidazole rings is 1. The lowest BCUT2D eigenvalue weighted by Crippen LogP contribution is -2.29. The molecule has 0 unspecified atom stereocenters. The number of nitrogen functional groups attached to an aromatic ring is 1. The number of aromatic amines is 1. The molecule has 0 atom stereocenters. The van der Waals surface area contributed by atoms with Crippen LogP contribution < -0.4 is 17.0 Å². The van der Waals surface area contributed by atoms with E-state index >= 15 is 0 Å². The van der Waals surface area contributed by atoms with Crippen LogP contribution in [0.2, 0.25) is 0 Å². The van der Waals surface area contributed by atoms with Crippen molar-refractivity contribution in [1.29, 1.82) is 0 Å². The first-order valence-corrected chi connectivity index (χ1v) is 6.96. The second-order valence-electron chi connectivity index (χ2n) is 4.68. The molecule has 0 saturated heterocycles. The van der Waals surface area contributed by atoms with Crippen LogP contribution in [0.25, 0.3) is 11.2 Å². The zero-order valence-electron chi connectivity index (χ0n) is 11.1. The van der Waals surface area contributed by atoms with Crippen LogP contribution in [-0.2, 0) is 13.6 Å². The van der Waals surface area contributed by atoms with Gasteiger partial charge in [0.2, 0.25) is 5.95 Å². The van der Waals surface area contributed by atoms with Gasteiger partial charge in [-0.15, -0.1) is 0 Å². The molecule has 0 saturated carbocycles. The van der Waals surface area contributed by atoms with Crippen LogP contribution in [0.5, 0.6) is 0 Å². The Morgan fingerprint density at radius 3 is 2.86 bits per heavy atom. The van der Waals surface area contributed by atoms with E-state index in [1.807, 2.05) is 24.3 Å². The molecule has 0 amide bonds. The summed E-state index contributed by atoms with van der Waals surface area (Å²) in [6, 6.07) is 7.66. The minimum absolute atomic E-state index is 0.191. The molecule has 0 aliphatic carbocycles. The van der Waals surface area contributed by atoms with Crippen molar-refractivity contribution < 1.29 is 0 Å². The lowest BCUT2D eigenvalue weighted by molar-refractivity contribution is 0.812. The number of halogens is 1. The van der Waals surface area contributed by atoms with Gasteiger partial charge in [0.25, 0.3) is 5.56 Å². The number of aromatic nitrogens is 4. The number of benzene rings is 1. The van der Waals surface area contributed by atoms with Gasteiger partial charge in [-0.3, -0.25) is 14.3 Å². The predicted octanol–water partition coefficient (Wildman–Crippen LogP) is 0.816. The third-order valence-electron chi connectivity index (χ3n) is 3.27. The summed E-state index contributed by atoms with van der Waals surface area (Å²) < 4.78 is 3.80. The summed E-state index contributed by atoms with van der Waals surface area (Å²) in [4.78, 5) is 30.0. The van der Waals surface area contributed by atoms with Gasteiger partial charge in [0.05, 0.1) is 6.54 Å². The van der Waals surface area contributed by atoms with Crippen LogP contribution in [0, 0.1) is 0 Å². The monoisotopic (exact) mass is 349 g/mol. The molecule has 1 aromatic carbocycles. The van der Waals surface area contributed by atoms with E-state index in [-0.39, 0.29) is 17.1 Å². The van der Waals surface area contributed by atoms with E-state index in [1.165, 1.54) is 11.6 Å². The zero-order chi connectivity index (χ0) is 15.1. The highest BCUT2D eigenvalue weighted by Gasteiger charge is 2.15. The summed E-state index contributed by atoms with van der Waals surface area (Å²) >= 11 is 3.40. The molecule has 3 N–H and O–H groups in total. The van der Waals surface area contributed by atoms with Gasteiger partial charge < -0.3 is 10.3 Å². The number of anilines is 1. The van der Waals surface area contributed by atoms with E-state index < -0.39 is 11.2 Å². The van der Waals surface area contributed by atoms with Gasteiger partial charge in [0, 0.05) is 11.5 Å². The maximum absolute atomic E-state index is 12.0. The van der Waals surface area contributed by atoms with Gasteiger partial charge in [0.1, 0.15) is 0 Å². The van der Waals surface area contributed by atoms with Crippen molar-refractivity contribution in [2.45, 2.75) is 6.54 Å². The summed E-state index contributed by atoms with van der Waals surface area (Å²) in [7, 11) is 1.54. The maximum Gasteiger partial charge on any atom is 0.329 e. The average molecular weight is 350 g/mol. The number of nitrogens with two attached hydrogens (primary N) is 1. The van der Waals surface area contributed by atoms with Crippen molar-refractivity contribution in [2.24, 2.45) is 7.05 Å². The van der Waals surface area contributed by atoms with Crippen molar-refractivity contribution in [2.75, 3.05) is 5.73 Å². The van der Waals surface area contributed by atoms with Crippen LogP contribution >= 0.6 is 15.9 Å². The van der Waals surface area contributed by atoms with Crippen LogP contribution in [-0.4, -0.2) is 19.1 Å². The largest absolute Gasteiger partial charge is 0.369 e. The van der Waals surface area contributed by atoms with Crippen LogP contribution in [0.4, 0.5) is 5.95 Å². The first-order valence-electron chi connectivity index (χ1n) is 6.17. The predicted molar refractivity (Wildman–Crippen MR) is 83.3 cm³/mol. The second-order valence-corrected chi connectivity index (χ2v) is 5.59. The molecular formula is C13H12BrN5O2. The van der Waals surface area contributed by atoms with Gasteiger partial charge in [0.15, 0.2) is 11.2 Å². The fraction of sp³-hybridized carbons (Fsp3) is 0.154. The third-order valence-corrected chi connectivity index (χ3v) is 3.76. The average Bonchev–Trinajstić information content (AvgIpc) is 2.74. The highest BCUT2D eigenvalue weighted by Crippen LogP contribution is 2.17. The smallest absolute Gasteiger partial charge is 0.329 e. The summed E-state index contributed by atoms with van der Waals surface area (Å²) in [6.07, 6.45) is 0. The summed E-state index contributed by atoms with van der Waals surface area (Å²) in [5, 5.41) is 0. The number of H-pyrrole nitrogens is 1. The minimum Gasteiger partial charge on any atom is -0.369 e. The number of aryl methyl sites for hydroxylation is 1. The van der Waals surface area contributed by atoms with E-state index in [0.29, 0.717) is 6.54 Å². The maximum atomic E-state index is 12.0. The molecule has 0 aliphatic rings. The van der Waals surface area contributed by atoms with Crippen molar-refractivity contribution in [1.82, 2.24) is 19.1 Å². The Balaban J connectivity index is 2.24. The van der Waals surface area contributed by atoms with E-state index in [2.05, 4.69) is 25.9 Å². The Bertz CT molecular complexity index is 953. The first-order chi connectivity index (χ1) is 9.97. The lowest BCUT2D eigenvalue weighted by atomic mass is 10.2. The fourth-order valence-corrected chi connectivity index (χ4v) is 2.68. The van der Waals surface area contributed by atoms with Gasteiger partial charge >= 0.3 is 5.69 Å². The highest BCUT2D eigenvalue weighted by molar-refractivity contribution is 9.10. The molecule has 0 bridgehead atoms. The van der Waals surface area contributed by atoms with Gasteiger partial charge in [-0.25, -0.2) is 4.79 Å². The number of nitrogens with zero attached hydrogens (tertiary/aromatic N) is 3. The fourth-order valence-electron chi connectivity index (χ4n) is 2.23. The molecule has 0 fully saturated rings. The molecule has 2 heterocycles. The molecule has 8 heteroatoms. The van der Waals surface area contributed by atoms with Crippen molar-refractivity contribution >= 4 is 33.0 Å². The Labute approximate surface area is 127 Å². The SMILES string of the molecule is Cn1c(=O)[nH]c(=O)c2c1nc(N)n2Cc1cccc(Br)c1. The molecule has 0 aliphatic heterocycles. The Morgan fingerprint density at radius 2 is 2.14 bits per heavy atom. The lowest BCUT2D eigenvalue weighted by Gasteiger charge is -2.06. The zero-order valence-corrected chi connectivity index (χ0v) is 12.7. The van der Waals surface area contributed by atoms with Gasteiger partial charge in [-0.05, 0) is 17.7 Å². The molecule has 7 nitrogen and oxygen atoms in total. The Kier molecular flexibility index (Phi) is 3.17. The van der Waals surface area contributed by atoms with E-state index in [1.54, 1.807) is 4.57 Å². The van der Waals surface area contributed by atoms with Crippen LogP contribution in [0.15, 0.2) is 38.3 Å². The molecule has 2 aromatic heterocycles. The van der Waals surface area contributed by atoms with Crippen molar-refractivity contribution in [3.63, 3.8) is 0 Å². The quantitative estimate of drug-likeness (QED) is 0.715. The van der Waals surface area contributed by atoms with Gasteiger partial charge in [-0.1, -0.05) is 28.1 Å². The number of rotatable bonds is 2. The Hall–Kier alpha value is -2.35. The number of hydrogen-bond acceptors (Lipinski definition) is 4. The second kappa shape index (κ2) is 4.88. The third kappa shape index (κ3) is 2.27. The van der Waals surface area contributed by atoms with Crippen molar-refractivity contribution in [3.8, 4) is 0 Å². The summed E-state index contributed by atoms with van der Waals surface area (Å²) in [6.45, 7) is 0.392. The van der Waals surface area contributed by atoms with E-state index in [9.17, 15) is 9.59 Å². The number of hydrogen-bond donors (Lipinski definition) is 2. The summed E-state index contributed by atoms with van der Waals surface area (Å²) in [5.41, 5.74) is 6.41. The van der Waals surface area contributed by atoms with Crippen LogP contribution in [0.3, 0.4) is 0 Å². The molecule has 3 aromatic rings. The van der Waals surface area contributed by atoms with Crippen molar-refractivity contribution in [3.05, 3.63) is 55.1 Å². The van der Waals surface area contributed by atoms with E-state index in [4.69, 9.17) is 5.73 Å². The number of fused-ring (bicyclic) bond motifs is 1. The molecule has 21 heavy (non-hydrogen) atoms. The molecule has 3 rings (SSSR count). The Morgan fingerprint density at radius 1 is 1.38 bits per heavy atom. The minimum atomic E-state index is -0.514. The molecule has 0 spiro atoms. The molecule has 108 valence electrons. The number of nitrogens with one attached hydrogen (secondary N) is 1. The van der Waals surface area contributed by atoms with Gasteiger partial charge in [-0.2, -0.15) is 4.98 Å². The van der Waals surface area contributed by atoms with Crippen LogP contribution in [0.1, 0.15) is 5.56 Å². The highest BCUT2D eigenvalue weighted by atomic mass is 79.9. The molecular weight excluding hydrogens is 338 g/mol. The first kappa shape index (κ1) is 13.6. The normalized spacial score (nSPS) is 11.1. The molecule has 0 radical (unpaired) electrons.